The van der Waals surface area contributed by atoms with Gasteiger partial charge < -0.3 is 10.8 Å². The van der Waals surface area contributed by atoms with Crippen molar-refractivity contribution < 1.29 is 9.90 Å². The van der Waals surface area contributed by atoms with Gasteiger partial charge in [-0.3, -0.25) is 9.69 Å². The molecule has 1 saturated heterocycles. The Morgan fingerprint density at radius 3 is 2.47 bits per heavy atom. The number of hydrogen-bond acceptors (Lipinski definition) is 3. The fourth-order valence-corrected chi connectivity index (χ4v) is 2.93. The first-order chi connectivity index (χ1) is 7.16. The van der Waals surface area contributed by atoms with Crippen LogP contribution in [0, 0.1) is 5.92 Å². The summed E-state index contributed by atoms with van der Waals surface area (Å²) >= 11 is 0. The third-order valence-corrected chi connectivity index (χ3v) is 3.73. The minimum atomic E-state index is -0.674. The van der Waals surface area contributed by atoms with E-state index in [1.165, 1.54) is 25.7 Å². The van der Waals surface area contributed by atoms with Crippen molar-refractivity contribution in [2.75, 3.05) is 13.1 Å². The van der Waals surface area contributed by atoms with Crippen LogP contribution in [0.4, 0.5) is 0 Å². The molecule has 0 aromatic rings. The van der Waals surface area contributed by atoms with Crippen LogP contribution in [0.15, 0.2) is 0 Å². The van der Waals surface area contributed by atoms with Crippen LogP contribution in [-0.2, 0) is 4.79 Å². The number of nitrogens with zero attached hydrogens (tertiary/aromatic N) is 1. The second kappa shape index (κ2) is 4.49. The molecule has 3 N–H and O–H groups in total. The molecule has 2 fully saturated rings. The van der Waals surface area contributed by atoms with Crippen molar-refractivity contribution in [2.45, 2.75) is 44.2 Å². The molecule has 1 atom stereocenters. The van der Waals surface area contributed by atoms with Crippen LogP contribution in [0.5, 0.6) is 0 Å². The number of carbonyl (C=O) groups is 1. The predicted octanol–water partition coefficient (Wildman–Crippen LogP) is 0.663. The third-order valence-electron chi connectivity index (χ3n) is 3.73. The van der Waals surface area contributed by atoms with E-state index in [-0.39, 0.29) is 18.5 Å². The molecular formula is C11H20N2O2. The molecule has 1 saturated carbocycles. The lowest BCUT2D eigenvalue weighted by Gasteiger charge is -2.44. The minimum Gasteiger partial charge on any atom is -0.481 e. The van der Waals surface area contributed by atoms with Crippen molar-refractivity contribution in [3.63, 3.8) is 0 Å². The monoisotopic (exact) mass is 212 g/mol. The maximum absolute atomic E-state index is 10.8. The van der Waals surface area contributed by atoms with Crippen LogP contribution in [0.25, 0.3) is 0 Å². The van der Waals surface area contributed by atoms with E-state index in [0.717, 1.165) is 13.1 Å². The summed E-state index contributed by atoms with van der Waals surface area (Å²) in [5.74, 6) is -0.0824. The molecule has 1 unspecified atom stereocenters. The summed E-state index contributed by atoms with van der Waals surface area (Å²) in [6.45, 7) is 1.77. The zero-order valence-corrected chi connectivity index (χ0v) is 9.06. The van der Waals surface area contributed by atoms with E-state index in [1.807, 2.05) is 0 Å². The van der Waals surface area contributed by atoms with Crippen molar-refractivity contribution >= 4 is 5.97 Å². The highest BCUT2D eigenvalue weighted by atomic mass is 16.4. The molecule has 0 spiro atoms. The quantitative estimate of drug-likeness (QED) is 0.718. The Kier molecular flexibility index (Phi) is 3.26. The van der Waals surface area contributed by atoms with Gasteiger partial charge in [-0.25, -0.2) is 0 Å². The summed E-state index contributed by atoms with van der Waals surface area (Å²) in [5, 5.41) is 8.92. The molecule has 1 aliphatic carbocycles. The van der Waals surface area contributed by atoms with Gasteiger partial charge in [0.1, 0.15) is 0 Å². The molecular weight excluding hydrogens is 192 g/mol. The molecule has 1 aliphatic heterocycles. The van der Waals surface area contributed by atoms with Crippen LogP contribution in [0.1, 0.15) is 32.1 Å². The van der Waals surface area contributed by atoms with Gasteiger partial charge in [0, 0.05) is 25.2 Å². The molecule has 4 nitrogen and oxygen atoms in total. The smallest absolute Gasteiger partial charge is 0.304 e. The van der Waals surface area contributed by atoms with Crippen LogP contribution in [0.2, 0.25) is 0 Å². The molecule has 86 valence electrons. The topological polar surface area (TPSA) is 66.6 Å². The lowest BCUT2D eigenvalue weighted by atomic mass is 9.90. The van der Waals surface area contributed by atoms with Gasteiger partial charge in [0.2, 0.25) is 0 Å². The summed E-state index contributed by atoms with van der Waals surface area (Å²) in [6, 6.07) is 0.507. The molecule has 0 aromatic carbocycles. The Balaban J connectivity index is 1.92. The number of carboxylic acids is 1. The average molecular weight is 212 g/mol. The standard InChI is InChI=1S/C11H20N2O2/c12-9-6-13(7-9)10(5-11(14)15)8-3-1-2-4-8/h8-10H,1-7,12H2,(H,14,15). The third kappa shape index (κ3) is 2.49. The highest BCUT2D eigenvalue weighted by Crippen LogP contribution is 2.33. The first-order valence-electron chi connectivity index (χ1n) is 5.88. The normalized spacial score (nSPS) is 26.5. The fraction of sp³-hybridized carbons (Fsp3) is 0.909. The van der Waals surface area contributed by atoms with Gasteiger partial charge in [-0.1, -0.05) is 12.8 Å². The summed E-state index contributed by atoms with van der Waals surface area (Å²) in [5.41, 5.74) is 5.75. The minimum absolute atomic E-state index is 0.241. The number of hydrogen-bond donors (Lipinski definition) is 2. The molecule has 0 radical (unpaired) electrons. The van der Waals surface area contributed by atoms with E-state index in [0.29, 0.717) is 5.92 Å². The van der Waals surface area contributed by atoms with E-state index in [2.05, 4.69) is 4.90 Å². The van der Waals surface area contributed by atoms with Gasteiger partial charge >= 0.3 is 5.97 Å². The van der Waals surface area contributed by atoms with E-state index >= 15 is 0 Å². The lowest BCUT2D eigenvalue weighted by Crippen LogP contribution is -2.61. The zero-order chi connectivity index (χ0) is 10.8. The fourth-order valence-electron chi connectivity index (χ4n) is 2.93. The Hall–Kier alpha value is -0.610. The molecule has 0 bridgehead atoms. The van der Waals surface area contributed by atoms with Gasteiger partial charge in [0.25, 0.3) is 0 Å². The highest BCUT2D eigenvalue weighted by molar-refractivity contribution is 5.67. The Bertz CT molecular complexity index is 233. The van der Waals surface area contributed by atoms with Gasteiger partial charge in [0.05, 0.1) is 6.42 Å². The van der Waals surface area contributed by atoms with E-state index in [9.17, 15) is 4.79 Å². The molecule has 2 aliphatic rings. The first kappa shape index (κ1) is 10.9. The van der Waals surface area contributed by atoms with Gasteiger partial charge in [-0.2, -0.15) is 0 Å². The maximum Gasteiger partial charge on any atom is 0.304 e. The number of nitrogens with two attached hydrogens (primary N) is 1. The number of likely N-dealkylation sites (tertiary alicyclic amines) is 1. The van der Waals surface area contributed by atoms with Crippen LogP contribution < -0.4 is 5.73 Å². The maximum atomic E-state index is 10.8. The second-order valence-corrected chi connectivity index (χ2v) is 4.92. The van der Waals surface area contributed by atoms with Gasteiger partial charge in [-0.05, 0) is 18.8 Å². The lowest BCUT2D eigenvalue weighted by molar-refractivity contribution is -0.139. The highest BCUT2D eigenvalue weighted by Gasteiger charge is 2.36. The Morgan fingerprint density at radius 1 is 1.40 bits per heavy atom. The second-order valence-electron chi connectivity index (χ2n) is 4.92. The van der Waals surface area contributed by atoms with Crippen LogP contribution in [0.3, 0.4) is 0 Å². The summed E-state index contributed by atoms with van der Waals surface area (Å²) in [6.07, 6.45) is 5.21. The van der Waals surface area contributed by atoms with Crippen molar-refractivity contribution in [3.05, 3.63) is 0 Å². The summed E-state index contributed by atoms with van der Waals surface area (Å²) in [4.78, 5) is 13.1. The Morgan fingerprint density at radius 2 is 2.00 bits per heavy atom. The van der Waals surface area contributed by atoms with Crippen molar-refractivity contribution in [1.29, 1.82) is 0 Å². The van der Waals surface area contributed by atoms with Crippen molar-refractivity contribution in [1.82, 2.24) is 4.90 Å². The van der Waals surface area contributed by atoms with Gasteiger partial charge in [0.15, 0.2) is 0 Å². The number of aliphatic carboxylic acids is 1. The molecule has 0 aromatic heterocycles. The molecule has 0 amide bonds. The molecule has 4 heteroatoms. The van der Waals surface area contributed by atoms with E-state index in [1.54, 1.807) is 0 Å². The molecule has 2 rings (SSSR count). The first-order valence-corrected chi connectivity index (χ1v) is 5.88. The SMILES string of the molecule is NC1CN(C(CC(=O)O)C2CCCC2)C1. The average Bonchev–Trinajstić information content (AvgIpc) is 2.61. The Labute approximate surface area is 90.4 Å². The molecule has 1 heterocycles. The van der Waals surface area contributed by atoms with Crippen molar-refractivity contribution in [2.24, 2.45) is 11.7 Å². The summed E-state index contributed by atoms with van der Waals surface area (Å²) < 4.78 is 0. The van der Waals surface area contributed by atoms with Gasteiger partial charge in [-0.15, -0.1) is 0 Å². The van der Waals surface area contributed by atoms with Crippen LogP contribution in [-0.4, -0.2) is 41.1 Å². The van der Waals surface area contributed by atoms with E-state index in [4.69, 9.17) is 10.8 Å². The largest absolute Gasteiger partial charge is 0.481 e. The van der Waals surface area contributed by atoms with Crippen molar-refractivity contribution in [3.8, 4) is 0 Å². The number of carboxylic acid groups (broad SMARTS) is 1. The van der Waals surface area contributed by atoms with Crippen LogP contribution >= 0.6 is 0 Å². The van der Waals surface area contributed by atoms with E-state index < -0.39 is 5.97 Å². The predicted molar refractivity (Wildman–Crippen MR) is 57.5 cm³/mol. The number of rotatable bonds is 4. The summed E-state index contributed by atoms with van der Waals surface area (Å²) in [7, 11) is 0. The zero-order valence-electron chi connectivity index (χ0n) is 9.06. The molecule has 15 heavy (non-hydrogen) atoms.